The molecule has 1 amide bonds. The van der Waals surface area contributed by atoms with Crippen LogP contribution in [0.3, 0.4) is 0 Å². The minimum absolute atomic E-state index is 0.0160. The van der Waals surface area contributed by atoms with Gasteiger partial charge in [0.25, 0.3) is 5.91 Å². The molecule has 0 saturated carbocycles. The lowest BCUT2D eigenvalue weighted by Crippen LogP contribution is -2.38. The Morgan fingerprint density at radius 2 is 1.92 bits per heavy atom. The van der Waals surface area contributed by atoms with Gasteiger partial charge in [-0.15, -0.1) is 0 Å². The van der Waals surface area contributed by atoms with Gasteiger partial charge in [0.2, 0.25) is 0 Å². The van der Waals surface area contributed by atoms with Crippen LogP contribution in [-0.2, 0) is 0 Å². The summed E-state index contributed by atoms with van der Waals surface area (Å²) in [5.74, 6) is -1.50. The van der Waals surface area contributed by atoms with Crippen molar-refractivity contribution in [3.63, 3.8) is 0 Å². The van der Waals surface area contributed by atoms with E-state index in [1.165, 1.54) is 36.5 Å². The van der Waals surface area contributed by atoms with E-state index < -0.39 is 23.9 Å². The summed E-state index contributed by atoms with van der Waals surface area (Å²) in [4.78, 5) is 20.4. The van der Waals surface area contributed by atoms with Crippen LogP contribution in [-0.4, -0.2) is 22.1 Å². The predicted octanol–water partition coefficient (Wildman–Crippen LogP) is 4.11. The quantitative estimate of drug-likeness (QED) is 0.713. The highest BCUT2D eigenvalue weighted by Crippen LogP contribution is 2.32. The van der Waals surface area contributed by atoms with Crippen molar-refractivity contribution in [1.82, 2.24) is 15.3 Å². The molecule has 3 rings (SSSR count). The van der Waals surface area contributed by atoms with Gasteiger partial charge in [0.1, 0.15) is 5.82 Å². The third-order valence-corrected chi connectivity index (χ3v) is 3.73. The molecule has 0 aliphatic rings. The molecule has 1 aromatic carbocycles. The van der Waals surface area contributed by atoms with E-state index in [4.69, 9.17) is 0 Å². The SMILES string of the molecule is Cc1cc(C(=O)N[C@@H](c2ccccn2)C(F)(F)F)c2ccc(F)cc2n1. The van der Waals surface area contributed by atoms with Crippen LogP contribution in [0.25, 0.3) is 10.9 Å². The number of carbonyl (C=O) groups is 1. The molecule has 26 heavy (non-hydrogen) atoms. The largest absolute Gasteiger partial charge is 0.414 e. The number of nitrogens with one attached hydrogen (secondary N) is 1. The van der Waals surface area contributed by atoms with Crippen LogP contribution in [0.15, 0.2) is 48.7 Å². The van der Waals surface area contributed by atoms with Crippen molar-refractivity contribution in [3.05, 3.63) is 71.4 Å². The second kappa shape index (κ2) is 6.70. The van der Waals surface area contributed by atoms with Gasteiger partial charge in [0.05, 0.1) is 16.8 Å². The molecule has 0 saturated heterocycles. The van der Waals surface area contributed by atoms with Crippen LogP contribution in [0.2, 0.25) is 0 Å². The molecule has 0 aliphatic heterocycles. The minimum Gasteiger partial charge on any atom is -0.335 e. The van der Waals surface area contributed by atoms with Gasteiger partial charge in [-0.1, -0.05) is 6.07 Å². The third-order valence-electron chi connectivity index (χ3n) is 3.73. The highest BCUT2D eigenvalue weighted by Gasteiger charge is 2.43. The highest BCUT2D eigenvalue weighted by molar-refractivity contribution is 6.06. The average molecular weight is 363 g/mol. The number of benzene rings is 1. The molecule has 0 radical (unpaired) electrons. The van der Waals surface area contributed by atoms with Gasteiger partial charge in [-0.3, -0.25) is 14.8 Å². The van der Waals surface area contributed by atoms with Gasteiger partial charge >= 0.3 is 6.18 Å². The van der Waals surface area contributed by atoms with E-state index in [-0.39, 0.29) is 22.2 Å². The molecule has 0 unspecified atom stereocenters. The van der Waals surface area contributed by atoms with Gasteiger partial charge in [0, 0.05) is 23.3 Å². The molecule has 2 aromatic heterocycles. The molecule has 0 bridgehead atoms. The number of amides is 1. The van der Waals surface area contributed by atoms with Crippen LogP contribution >= 0.6 is 0 Å². The summed E-state index contributed by atoms with van der Waals surface area (Å²) in [6.45, 7) is 1.57. The van der Waals surface area contributed by atoms with Crippen LogP contribution in [0.5, 0.6) is 0 Å². The van der Waals surface area contributed by atoms with E-state index in [0.717, 1.165) is 12.1 Å². The summed E-state index contributed by atoms with van der Waals surface area (Å²) in [6.07, 6.45) is -3.51. The fourth-order valence-electron chi connectivity index (χ4n) is 2.60. The number of fused-ring (bicyclic) bond motifs is 1. The van der Waals surface area contributed by atoms with Crippen molar-refractivity contribution in [2.24, 2.45) is 0 Å². The van der Waals surface area contributed by atoms with Gasteiger partial charge in [0.15, 0.2) is 6.04 Å². The topological polar surface area (TPSA) is 54.9 Å². The van der Waals surface area contributed by atoms with Crippen molar-refractivity contribution in [2.75, 3.05) is 0 Å². The molecule has 0 aliphatic carbocycles. The lowest BCUT2D eigenvalue weighted by atomic mass is 10.1. The summed E-state index contributed by atoms with van der Waals surface area (Å²) in [5.41, 5.74) is 0.235. The first-order valence-electron chi connectivity index (χ1n) is 7.61. The second-order valence-electron chi connectivity index (χ2n) is 5.68. The number of pyridine rings is 2. The maximum Gasteiger partial charge on any atom is 0.414 e. The fraction of sp³-hybridized carbons (Fsp3) is 0.167. The number of rotatable bonds is 3. The standard InChI is InChI=1S/C18H13F4N3O/c1-10-8-13(12-6-5-11(19)9-15(12)24-10)17(26)25-16(18(20,21)22)14-4-2-3-7-23-14/h2-9,16H,1H3,(H,25,26)/t16-/m0/s1. The third kappa shape index (κ3) is 3.63. The van der Waals surface area contributed by atoms with Crippen molar-refractivity contribution < 1.29 is 22.4 Å². The van der Waals surface area contributed by atoms with Crippen LogP contribution < -0.4 is 5.32 Å². The van der Waals surface area contributed by atoms with E-state index in [2.05, 4.69) is 9.97 Å². The first kappa shape index (κ1) is 17.8. The van der Waals surface area contributed by atoms with E-state index in [1.54, 1.807) is 6.92 Å². The molecule has 0 fully saturated rings. The Morgan fingerprint density at radius 3 is 2.58 bits per heavy atom. The van der Waals surface area contributed by atoms with Gasteiger partial charge in [-0.2, -0.15) is 13.2 Å². The number of hydrogen-bond donors (Lipinski definition) is 1. The summed E-state index contributed by atoms with van der Waals surface area (Å²) in [6, 6.07) is 6.73. The summed E-state index contributed by atoms with van der Waals surface area (Å²) in [7, 11) is 0. The smallest absolute Gasteiger partial charge is 0.335 e. The Balaban J connectivity index is 2.02. The molecule has 134 valence electrons. The lowest BCUT2D eigenvalue weighted by molar-refractivity contribution is -0.156. The molecule has 2 heterocycles. The Morgan fingerprint density at radius 1 is 1.15 bits per heavy atom. The normalized spacial score (nSPS) is 12.8. The van der Waals surface area contributed by atoms with Crippen molar-refractivity contribution >= 4 is 16.8 Å². The number of halogens is 4. The van der Waals surface area contributed by atoms with E-state index in [1.807, 2.05) is 5.32 Å². The zero-order valence-corrected chi connectivity index (χ0v) is 13.5. The molecular formula is C18H13F4N3O. The van der Waals surface area contributed by atoms with Crippen LogP contribution in [0.1, 0.15) is 27.8 Å². The Kier molecular flexibility index (Phi) is 4.58. The zero-order chi connectivity index (χ0) is 18.9. The maximum absolute atomic E-state index is 13.4. The maximum atomic E-state index is 13.4. The van der Waals surface area contributed by atoms with E-state index in [9.17, 15) is 22.4 Å². The Labute approximate surface area is 145 Å². The first-order chi connectivity index (χ1) is 12.3. The number of hydrogen-bond acceptors (Lipinski definition) is 3. The molecule has 0 spiro atoms. The monoisotopic (exact) mass is 363 g/mol. The molecule has 3 aromatic rings. The fourth-order valence-corrected chi connectivity index (χ4v) is 2.60. The van der Waals surface area contributed by atoms with Crippen molar-refractivity contribution in [3.8, 4) is 0 Å². The molecule has 1 atom stereocenters. The summed E-state index contributed by atoms with van der Waals surface area (Å²) < 4.78 is 53.6. The Bertz CT molecular complexity index is 953. The first-order valence-corrected chi connectivity index (χ1v) is 7.61. The molecule has 4 nitrogen and oxygen atoms in total. The van der Waals surface area contributed by atoms with E-state index >= 15 is 0 Å². The number of alkyl halides is 3. The summed E-state index contributed by atoms with van der Waals surface area (Å²) in [5, 5.41) is 2.24. The lowest BCUT2D eigenvalue weighted by Gasteiger charge is -2.21. The van der Waals surface area contributed by atoms with Crippen LogP contribution in [0, 0.1) is 12.7 Å². The molecular weight excluding hydrogens is 350 g/mol. The van der Waals surface area contributed by atoms with Crippen LogP contribution in [0.4, 0.5) is 17.6 Å². The van der Waals surface area contributed by atoms with Gasteiger partial charge < -0.3 is 5.32 Å². The van der Waals surface area contributed by atoms with Gasteiger partial charge in [-0.25, -0.2) is 4.39 Å². The molecule has 8 heteroatoms. The molecule has 1 N–H and O–H groups in total. The van der Waals surface area contributed by atoms with Crippen molar-refractivity contribution in [1.29, 1.82) is 0 Å². The average Bonchev–Trinajstić information content (AvgIpc) is 2.58. The number of aryl methyl sites for hydroxylation is 1. The minimum atomic E-state index is -4.73. The van der Waals surface area contributed by atoms with Gasteiger partial charge in [-0.05, 0) is 37.3 Å². The zero-order valence-electron chi connectivity index (χ0n) is 13.5. The van der Waals surface area contributed by atoms with E-state index in [0.29, 0.717) is 5.69 Å². The summed E-state index contributed by atoms with van der Waals surface area (Å²) >= 11 is 0. The Hall–Kier alpha value is -3.03. The van der Waals surface area contributed by atoms with Crippen molar-refractivity contribution in [2.45, 2.75) is 19.1 Å². The second-order valence-corrected chi connectivity index (χ2v) is 5.68. The highest BCUT2D eigenvalue weighted by atomic mass is 19.4. The predicted molar refractivity (Wildman–Crippen MR) is 86.9 cm³/mol. The number of nitrogens with zero attached hydrogens (tertiary/aromatic N) is 2. The number of carbonyl (C=O) groups excluding carboxylic acids is 1. The number of aromatic nitrogens is 2.